The maximum Gasteiger partial charge on any atom is 0.277 e. The fourth-order valence-corrected chi connectivity index (χ4v) is 2.11. The molecule has 6 heteroatoms. The molecule has 2 rings (SSSR count). The normalized spacial score (nSPS) is 18.2. The monoisotopic (exact) mass is 250 g/mol. The van der Waals surface area contributed by atoms with Crippen molar-refractivity contribution in [2.75, 3.05) is 11.9 Å². The summed E-state index contributed by atoms with van der Waals surface area (Å²) in [6.45, 7) is 4.21. The molecule has 1 saturated carbocycles. The number of aromatic nitrogens is 1. The zero-order valence-electron chi connectivity index (χ0n) is 10.6. The van der Waals surface area contributed by atoms with Gasteiger partial charge >= 0.3 is 0 Å². The Labute approximate surface area is 106 Å². The minimum atomic E-state index is -0.390. The van der Waals surface area contributed by atoms with Gasteiger partial charge in [-0.1, -0.05) is 0 Å². The highest BCUT2D eigenvalue weighted by atomic mass is 16.6. The summed E-state index contributed by atoms with van der Waals surface area (Å²) in [5, 5.41) is 14.1. The summed E-state index contributed by atoms with van der Waals surface area (Å²) in [6.07, 6.45) is 3.81. The molecule has 6 nitrogen and oxygen atoms in total. The lowest BCUT2D eigenvalue weighted by atomic mass is 9.96. The van der Waals surface area contributed by atoms with Crippen LogP contribution in [0.15, 0.2) is 12.3 Å². The van der Waals surface area contributed by atoms with E-state index in [0.717, 1.165) is 12.8 Å². The second-order valence-electron chi connectivity index (χ2n) is 5.13. The molecule has 18 heavy (non-hydrogen) atoms. The quantitative estimate of drug-likeness (QED) is 0.614. The number of nitrogens with zero attached hydrogens (tertiary/aromatic N) is 2. The van der Waals surface area contributed by atoms with Crippen molar-refractivity contribution in [3.63, 3.8) is 0 Å². The van der Waals surface area contributed by atoms with Crippen molar-refractivity contribution in [3.8, 4) is 0 Å². The van der Waals surface area contributed by atoms with Gasteiger partial charge in [-0.3, -0.25) is 10.1 Å². The third-order valence-corrected chi connectivity index (χ3v) is 3.59. The van der Waals surface area contributed by atoms with E-state index in [2.05, 4.69) is 10.3 Å². The van der Waals surface area contributed by atoms with Crippen molar-refractivity contribution in [1.29, 1.82) is 0 Å². The Kier molecular flexibility index (Phi) is 3.21. The zero-order valence-corrected chi connectivity index (χ0v) is 10.6. The van der Waals surface area contributed by atoms with Crippen LogP contribution in [0.3, 0.4) is 0 Å². The molecule has 0 aromatic carbocycles. The molecule has 1 unspecified atom stereocenters. The Balaban J connectivity index is 2.23. The predicted octanol–water partition coefficient (Wildman–Crippen LogP) is 1.84. The van der Waals surface area contributed by atoms with E-state index in [9.17, 15) is 10.1 Å². The van der Waals surface area contributed by atoms with Gasteiger partial charge in [-0.05, 0) is 32.6 Å². The van der Waals surface area contributed by atoms with Gasteiger partial charge in [0.2, 0.25) is 0 Å². The van der Waals surface area contributed by atoms with E-state index in [4.69, 9.17) is 5.73 Å². The molecule has 0 bridgehead atoms. The van der Waals surface area contributed by atoms with E-state index >= 15 is 0 Å². The number of hydrogen-bond acceptors (Lipinski definition) is 5. The van der Waals surface area contributed by atoms with Crippen molar-refractivity contribution in [3.05, 3.63) is 27.9 Å². The number of rotatable bonds is 5. The number of nitrogens with two attached hydrogens (primary N) is 1. The summed E-state index contributed by atoms with van der Waals surface area (Å²) in [6, 6.07) is 1.48. The summed E-state index contributed by atoms with van der Waals surface area (Å²) in [5.41, 5.74) is 6.22. The van der Waals surface area contributed by atoms with Gasteiger partial charge in [0.05, 0.1) is 16.5 Å². The SMILES string of the molecule is Cc1cnc(NC(C)(CN)C2CC2)cc1[N+](=O)[O-]. The van der Waals surface area contributed by atoms with Crippen LogP contribution >= 0.6 is 0 Å². The molecule has 1 aromatic rings. The van der Waals surface area contributed by atoms with Crippen LogP contribution in [0.5, 0.6) is 0 Å². The topological polar surface area (TPSA) is 94.1 Å². The lowest BCUT2D eigenvalue weighted by Gasteiger charge is -2.30. The third kappa shape index (κ3) is 2.43. The van der Waals surface area contributed by atoms with Crippen LogP contribution in [0, 0.1) is 23.0 Å². The van der Waals surface area contributed by atoms with Gasteiger partial charge in [0, 0.05) is 18.3 Å². The second-order valence-corrected chi connectivity index (χ2v) is 5.13. The van der Waals surface area contributed by atoms with Crippen LogP contribution in [0.1, 0.15) is 25.3 Å². The molecule has 0 amide bonds. The van der Waals surface area contributed by atoms with Crippen molar-refractivity contribution in [1.82, 2.24) is 4.98 Å². The van der Waals surface area contributed by atoms with E-state index in [-0.39, 0.29) is 16.1 Å². The Morgan fingerprint density at radius 1 is 1.67 bits per heavy atom. The van der Waals surface area contributed by atoms with Crippen LogP contribution in [-0.4, -0.2) is 22.0 Å². The number of nitrogens with one attached hydrogen (secondary N) is 1. The number of pyridine rings is 1. The summed E-state index contributed by atoms with van der Waals surface area (Å²) in [5.74, 6) is 1.05. The maximum absolute atomic E-state index is 10.9. The Morgan fingerprint density at radius 3 is 2.83 bits per heavy atom. The summed E-state index contributed by atoms with van der Waals surface area (Å²) in [7, 11) is 0. The molecule has 1 aromatic heterocycles. The first kappa shape index (κ1) is 12.8. The number of hydrogen-bond donors (Lipinski definition) is 2. The van der Waals surface area contributed by atoms with E-state index in [0.29, 0.717) is 23.8 Å². The molecule has 1 aliphatic carbocycles. The largest absolute Gasteiger partial charge is 0.363 e. The highest BCUT2D eigenvalue weighted by Crippen LogP contribution is 2.40. The third-order valence-electron chi connectivity index (χ3n) is 3.59. The molecule has 1 fully saturated rings. The van der Waals surface area contributed by atoms with Crippen molar-refractivity contribution in [2.24, 2.45) is 11.7 Å². The van der Waals surface area contributed by atoms with Crippen LogP contribution < -0.4 is 11.1 Å². The minimum absolute atomic E-state index is 0.0858. The van der Waals surface area contributed by atoms with E-state index in [1.165, 1.54) is 12.3 Å². The van der Waals surface area contributed by atoms with E-state index < -0.39 is 0 Å². The Morgan fingerprint density at radius 2 is 2.33 bits per heavy atom. The molecule has 3 N–H and O–H groups in total. The molecule has 98 valence electrons. The van der Waals surface area contributed by atoms with Crippen LogP contribution in [0.2, 0.25) is 0 Å². The summed E-state index contributed by atoms with van der Waals surface area (Å²) >= 11 is 0. The van der Waals surface area contributed by atoms with E-state index in [1.807, 2.05) is 6.92 Å². The van der Waals surface area contributed by atoms with Gasteiger partial charge in [0.15, 0.2) is 0 Å². The van der Waals surface area contributed by atoms with Gasteiger partial charge in [0.25, 0.3) is 5.69 Å². The molecule has 1 atom stereocenters. The molecular formula is C12H18N4O2. The van der Waals surface area contributed by atoms with Gasteiger partial charge in [-0.2, -0.15) is 0 Å². The number of anilines is 1. The fraction of sp³-hybridized carbons (Fsp3) is 0.583. The average Bonchev–Trinajstić information content (AvgIpc) is 3.15. The highest BCUT2D eigenvalue weighted by molar-refractivity contribution is 5.50. The maximum atomic E-state index is 10.9. The van der Waals surface area contributed by atoms with E-state index in [1.54, 1.807) is 6.92 Å². The smallest absolute Gasteiger partial charge is 0.277 e. The first-order chi connectivity index (χ1) is 8.46. The lowest BCUT2D eigenvalue weighted by Crippen LogP contribution is -2.44. The second kappa shape index (κ2) is 4.53. The zero-order chi connectivity index (χ0) is 13.3. The summed E-state index contributed by atoms with van der Waals surface area (Å²) in [4.78, 5) is 14.7. The molecule has 0 radical (unpaired) electrons. The van der Waals surface area contributed by atoms with Gasteiger partial charge in [-0.25, -0.2) is 4.98 Å². The van der Waals surface area contributed by atoms with Gasteiger partial charge < -0.3 is 11.1 Å². The van der Waals surface area contributed by atoms with Crippen molar-refractivity contribution in [2.45, 2.75) is 32.2 Å². The molecule has 1 heterocycles. The van der Waals surface area contributed by atoms with Crippen LogP contribution in [0.4, 0.5) is 11.5 Å². The minimum Gasteiger partial charge on any atom is -0.363 e. The van der Waals surface area contributed by atoms with Gasteiger partial charge in [0.1, 0.15) is 5.82 Å². The molecule has 0 saturated heterocycles. The van der Waals surface area contributed by atoms with Crippen LogP contribution in [0.25, 0.3) is 0 Å². The highest BCUT2D eigenvalue weighted by Gasteiger charge is 2.40. The Hall–Kier alpha value is -1.69. The Bertz CT molecular complexity index is 473. The lowest BCUT2D eigenvalue weighted by molar-refractivity contribution is -0.385. The van der Waals surface area contributed by atoms with Crippen LogP contribution in [-0.2, 0) is 0 Å². The number of nitro groups is 1. The molecule has 0 aliphatic heterocycles. The number of aryl methyl sites for hydroxylation is 1. The van der Waals surface area contributed by atoms with Crippen molar-refractivity contribution < 1.29 is 4.92 Å². The predicted molar refractivity (Wildman–Crippen MR) is 69.4 cm³/mol. The van der Waals surface area contributed by atoms with Gasteiger partial charge in [-0.15, -0.1) is 0 Å². The standard InChI is InChI=1S/C12H18N4O2/c1-8-6-14-11(5-10(8)16(17)18)15-12(2,7-13)9-3-4-9/h5-6,9H,3-4,7,13H2,1-2H3,(H,14,15). The first-order valence-corrected chi connectivity index (χ1v) is 6.05. The average molecular weight is 250 g/mol. The fourth-order valence-electron chi connectivity index (χ4n) is 2.11. The molecule has 1 aliphatic rings. The summed E-state index contributed by atoms with van der Waals surface area (Å²) < 4.78 is 0. The van der Waals surface area contributed by atoms with Crippen molar-refractivity contribution >= 4 is 11.5 Å². The molecule has 0 spiro atoms. The first-order valence-electron chi connectivity index (χ1n) is 6.05. The molecular weight excluding hydrogens is 232 g/mol.